The van der Waals surface area contributed by atoms with E-state index < -0.39 is 10.0 Å². The molecule has 0 atom stereocenters. The summed E-state index contributed by atoms with van der Waals surface area (Å²) in [5.41, 5.74) is 0.993. The number of nitrogens with one attached hydrogen (secondary N) is 1. The summed E-state index contributed by atoms with van der Waals surface area (Å²) in [7, 11) is -3.70. The average Bonchev–Trinajstić information content (AvgIpc) is 2.98. The maximum atomic E-state index is 12.6. The molecule has 1 saturated heterocycles. The number of ether oxygens (including phenoxy) is 1. The molecule has 1 heterocycles. The standard InChI is InChI=1S/C21H26N2O4S/c1-2-27-19-11-13-20(14-12-19)28(25,26)22-18-9-7-17(8-10-18)21(24)23-15-5-3-4-6-16-23/h7-14,22H,2-6,15-16H2,1H3. The van der Waals surface area contributed by atoms with Crippen LogP contribution in [0.1, 0.15) is 43.0 Å². The van der Waals surface area contributed by atoms with Gasteiger partial charge in [0, 0.05) is 24.3 Å². The summed E-state index contributed by atoms with van der Waals surface area (Å²) < 4.78 is 33.0. The molecule has 1 aliphatic rings. The van der Waals surface area contributed by atoms with E-state index in [4.69, 9.17) is 4.74 Å². The summed E-state index contributed by atoms with van der Waals surface area (Å²) >= 11 is 0. The Hall–Kier alpha value is -2.54. The summed E-state index contributed by atoms with van der Waals surface area (Å²) in [6.45, 7) is 3.95. The van der Waals surface area contributed by atoms with Gasteiger partial charge in [0.2, 0.25) is 0 Å². The van der Waals surface area contributed by atoms with Crippen molar-refractivity contribution in [3.8, 4) is 5.75 Å². The first-order valence-electron chi connectivity index (χ1n) is 9.64. The maximum Gasteiger partial charge on any atom is 0.261 e. The number of hydrogen-bond acceptors (Lipinski definition) is 4. The summed E-state index contributed by atoms with van der Waals surface area (Å²) in [6, 6.07) is 12.8. The number of amides is 1. The first-order valence-corrected chi connectivity index (χ1v) is 11.1. The van der Waals surface area contributed by atoms with Gasteiger partial charge in [0.1, 0.15) is 5.75 Å². The highest BCUT2D eigenvalue weighted by Gasteiger charge is 2.18. The Morgan fingerprint density at radius 1 is 0.964 bits per heavy atom. The second-order valence-electron chi connectivity index (χ2n) is 6.79. The molecule has 0 aromatic heterocycles. The van der Waals surface area contributed by atoms with Crippen molar-refractivity contribution in [2.75, 3.05) is 24.4 Å². The van der Waals surface area contributed by atoms with Gasteiger partial charge in [-0.1, -0.05) is 12.8 Å². The quantitative estimate of drug-likeness (QED) is 0.795. The van der Waals surface area contributed by atoms with Gasteiger partial charge in [-0.15, -0.1) is 0 Å². The lowest BCUT2D eigenvalue weighted by molar-refractivity contribution is 0.0761. The molecule has 0 saturated carbocycles. The number of likely N-dealkylation sites (tertiary alicyclic amines) is 1. The van der Waals surface area contributed by atoms with E-state index in [2.05, 4.69) is 4.72 Å². The molecule has 7 heteroatoms. The van der Waals surface area contributed by atoms with E-state index in [0.717, 1.165) is 38.8 Å². The van der Waals surface area contributed by atoms with E-state index in [1.165, 1.54) is 12.1 Å². The molecule has 3 rings (SSSR count). The Bertz CT molecular complexity index is 885. The van der Waals surface area contributed by atoms with Gasteiger partial charge in [-0.05, 0) is 68.3 Å². The summed E-state index contributed by atoms with van der Waals surface area (Å²) in [4.78, 5) is 14.7. The van der Waals surface area contributed by atoms with E-state index >= 15 is 0 Å². The Morgan fingerprint density at radius 3 is 2.14 bits per heavy atom. The zero-order valence-electron chi connectivity index (χ0n) is 16.1. The lowest BCUT2D eigenvalue weighted by Gasteiger charge is -2.20. The predicted octanol–water partition coefficient (Wildman–Crippen LogP) is 3.90. The van der Waals surface area contributed by atoms with Gasteiger partial charge < -0.3 is 9.64 Å². The number of rotatable bonds is 6. The molecular formula is C21H26N2O4S. The van der Waals surface area contributed by atoms with Crippen LogP contribution in [0.2, 0.25) is 0 Å². The topological polar surface area (TPSA) is 75.7 Å². The van der Waals surface area contributed by atoms with Gasteiger partial charge in [-0.3, -0.25) is 9.52 Å². The van der Waals surface area contributed by atoms with Crippen LogP contribution in [0.4, 0.5) is 5.69 Å². The molecule has 1 fully saturated rings. The lowest BCUT2D eigenvalue weighted by Crippen LogP contribution is -2.31. The largest absolute Gasteiger partial charge is 0.494 e. The smallest absolute Gasteiger partial charge is 0.261 e. The van der Waals surface area contributed by atoms with E-state index in [0.29, 0.717) is 23.6 Å². The second-order valence-corrected chi connectivity index (χ2v) is 8.48. The highest BCUT2D eigenvalue weighted by atomic mass is 32.2. The Morgan fingerprint density at radius 2 is 1.57 bits per heavy atom. The van der Waals surface area contributed by atoms with Crippen LogP contribution >= 0.6 is 0 Å². The van der Waals surface area contributed by atoms with Gasteiger partial charge in [0.15, 0.2) is 0 Å². The number of benzene rings is 2. The monoisotopic (exact) mass is 402 g/mol. The molecular weight excluding hydrogens is 376 g/mol. The molecule has 1 aliphatic heterocycles. The van der Waals surface area contributed by atoms with Crippen molar-refractivity contribution < 1.29 is 17.9 Å². The minimum atomic E-state index is -3.70. The first-order chi connectivity index (χ1) is 13.5. The van der Waals surface area contributed by atoms with Crippen molar-refractivity contribution in [3.63, 3.8) is 0 Å². The molecule has 0 unspecified atom stereocenters. The lowest BCUT2D eigenvalue weighted by atomic mass is 10.2. The molecule has 150 valence electrons. The van der Waals surface area contributed by atoms with Gasteiger partial charge in [0.05, 0.1) is 11.5 Å². The van der Waals surface area contributed by atoms with E-state index in [-0.39, 0.29) is 10.8 Å². The molecule has 2 aromatic rings. The highest BCUT2D eigenvalue weighted by Crippen LogP contribution is 2.20. The number of nitrogens with zero attached hydrogens (tertiary/aromatic N) is 1. The summed E-state index contributed by atoms with van der Waals surface area (Å²) in [6.07, 6.45) is 4.39. The van der Waals surface area contributed by atoms with Crippen LogP contribution in [-0.2, 0) is 10.0 Å². The maximum absolute atomic E-state index is 12.6. The Kier molecular flexibility index (Phi) is 6.57. The molecule has 0 radical (unpaired) electrons. The normalized spacial score (nSPS) is 15.0. The Balaban J connectivity index is 1.68. The third kappa shape index (κ3) is 5.04. The minimum Gasteiger partial charge on any atom is -0.494 e. The highest BCUT2D eigenvalue weighted by molar-refractivity contribution is 7.92. The van der Waals surface area contributed by atoms with Gasteiger partial charge >= 0.3 is 0 Å². The third-order valence-corrected chi connectivity index (χ3v) is 6.12. The third-order valence-electron chi connectivity index (χ3n) is 4.72. The molecule has 0 aliphatic carbocycles. The molecule has 6 nitrogen and oxygen atoms in total. The van der Waals surface area contributed by atoms with Crippen LogP contribution in [0.15, 0.2) is 53.4 Å². The first kappa shape index (κ1) is 20.2. The SMILES string of the molecule is CCOc1ccc(S(=O)(=O)Nc2ccc(C(=O)N3CCCCCC3)cc2)cc1. The fourth-order valence-corrected chi connectivity index (χ4v) is 4.29. The van der Waals surface area contributed by atoms with Crippen molar-refractivity contribution in [1.82, 2.24) is 4.90 Å². The number of carbonyl (C=O) groups excluding carboxylic acids is 1. The molecule has 1 N–H and O–H groups in total. The number of anilines is 1. The fourth-order valence-electron chi connectivity index (χ4n) is 3.23. The average molecular weight is 403 g/mol. The molecule has 0 bridgehead atoms. The van der Waals surface area contributed by atoms with Crippen molar-refractivity contribution in [2.45, 2.75) is 37.5 Å². The van der Waals surface area contributed by atoms with Crippen LogP contribution in [0.5, 0.6) is 5.75 Å². The molecule has 1 amide bonds. The van der Waals surface area contributed by atoms with Crippen molar-refractivity contribution in [2.24, 2.45) is 0 Å². The van der Waals surface area contributed by atoms with Crippen molar-refractivity contribution in [3.05, 3.63) is 54.1 Å². The predicted molar refractivity (Wildman–Crippen MR) is 109 cm³/mol. The minimum absolute atomic E-state index is 0.00261. The van der Waals surface area contributed by atoms with Crippen LogP contribution in [0.3, 0.4) is 0 Å². The zero-order chi connectivity index (χ0) is 20.0. The van der Waals surface area contributed by atoms with Crippen LogP contribution in [0, 0.1) is 0 Å². The van der Waals surface area contributed by atoms with Crippen LogP contribution < -0.4 is 9.46 Å². The molecule has 2 aromatic carbocycles. The second kappa shape index (κ2) is 9.10. The van der Waals surface area contributed by atoms with E-state index in [1.54, 1.807) is 36.4 Å². The fraction of sp³-hybridized carbons (Fsp3) is 0.381. The molecule has 0 spiro atoms. The van der Waals surface area contributed by atoms with Gasteiger partial charge in [0.25, 0.3) is 15.9 Å². The molecule has 28 heavy (non-hydrogen) atoms. The van der Waals surface area contributed by atoms with Crippen LogP contribution in [0.25, 0.3) is 0 Å². The van der Waals surface area contributed by atoms with Crippen LogP contribution in [-0.4, -0.2) is 38.9 Å². The summed E-state index contributed by atoms with van der Waals surface area (Å²) in [5.74, 6) is 0.626. The van der Waals surface area contributed by atoms with Gasteiger partial charge in [-0.25, -0.2) is 8.42 Å². The summed E-state index contributed by atoms with van der Waals surface area (Å²) in [5, 5.41) is 0. The van der Waals surface area contributed by atoms with Gasteiger partial charge in [-0.2, -0.15) is 0 Å². The Labute approximate surface area is 166 Å². The number of carbonyl (C=O) groups is 1. The number of sulfonamides is 1. The zero-order valence-corrected chi connectivity index (χ0v) is 16.9. The number of hydrogen-bond donors (Lipinski definition) is 1. The van der Waals surface area contributed by atoms with Crippen molar-refractivity contribution >= 4 is 21.6 Å². The van der Waals surface area contributed by atoms with E-state index in [9.17, 15) is 13.2 Å². The van der Waals surface area contributed by atoms with E-state index in [1.807, 2.05) is 11.8 Å². The van der Waals surface area contributed by atoms with Crippen molar-refractivity contribution in [1.29, 1.82) is 0 Å².